The second kappa shape index (κ2) is 8.36. The minimum Gasteiger partial charge on any atom is -0.509 e. The van der Waals surface area contributed by atoms with E-state index in [-0.39, 0.29) is 11.5 Å². The Labute approximate surface area is 96.9 Å². The fourth-order valence-corrected chi connectivity index (χ4v) is 0.924. The summed E-state index contributed by atoms with van der Waals surface area (Å²) in [5, 5.41) is 18.0. The van der Waals surface area contributed by atoms with Crippen LogP contribution in [0.2, 0.25) is 0 Å². The number of aliphatic hydroxyl groups is 2. The molecule has 0 aromatic rings. The van der Waals surface area contributed by atoms with Crippen molar-refractivity contribution in [1.29, 1.82) is 0 Å². The molecule has 0 aromatic heterocycles. The molecule has 2 nitrogen and oxygen atoms in total. The summed E-state index contributed by atoms with van der Waals surface area (Å²) in [6.45, 7) is 8.71. The average Bonchev–Trinajstić information content (AvgIpc) is 2.27. The highest BCUT2D eigenvalue weighted by Crippen LogP contribution is 2.06. The van der Waals surface area contributed by atoms with Crippen LogP contribution in [0.4, 0.5) is 0 Å². The minimum atomic E-state index is 0.0347. The molecule has 0 unspecified atom stereocenters. The lowest BCUT2D eigenvalue weighted by Gasteiger charge is -1.95. The van der Waals surface area contributed by atoms with Crippen LogP contribution in [-0.2, 0) is 0 Å². The second-order valence-electron chi connectivity index (χ2n) is 3.12. The van der Waals surface area contributed by atoms with Crippen LogP contribution in [0.25, 0.3) is 0 Å². The number of rotatable bonds is 6. The quantitative estimate of drug-likeness (QED) is 0.519. The van der Waals surface area contributed by atoms with Crippen LogP contribution in [0.5, 0.6) is 0 Å². The number of hydrogen-bond acceptors (Lipinski definition) is 2. The van der Waals surface area contributed by atoms with Gasteiger partial charge in [-0.05, 0) is 37.1 Å². The van der Waals surface area contributed by atoms with Gasteiger partial charge in [-0.1, -0.05) is 37.5 Å². The van der Waals surface area contributed by atoms with Crippen LogP contribution in [0.1, 0.15) is 13.3 Å². The zero-order chi connectivity index (χ0) is 12.4. The van der Waals surface area contributed by atoms with Crippen molar-refractivity contribution in [3.63, 3.8) is 0 Å². The molecule has 0 bridgehead atoms. The Kier molecular flexibility index (Phi) is 7.33. The molecular weight excluding hydrogens is 200 g/mol. The van der Waals surface area contributed by atoms with Gasteiger partial charge in [0.25, 0.3) is 0 Å². The Morgan fingerprint density at radius 1 is 1.25 bits per heavy atom. The van der Waals surface area contributed by atoms with Crippen molar-refractivity contribution in [1.82, 2.24) is 0 Å². The summed E-state index contributed by atoms with van der Waals surface area (Å²) in [5.74, 6) is 0.171. The maximum absolute atomic E-state index is 9.08. The topological polar surface area (TPSA) is 40.5 Å². The average molecular weight is 218 g/mol. The number of aliphatic hydroxyl groups excluding tert-OH is 2. The highest BCUT2D eigenvalue weighted by molar-refractivity contribution is 5.26. The standard InChI is InChI=1S/C14H18O2/c1-4-13(11-10-12(3)15)8-6-7-9-14(16)5-2/h4-7,9-11,15-16H,2-3,8H2,1H3/b7-6+,11-10-,13-4-,14-9+. The molecule has 0 aliphatic heterocycles. The van der Waals surface area contributed by atoms with Gasteiger partial charge in [0.15, 0.2) is 0 Å². The summed E-state index contributed by atoms with van der Waals surface area (Å²) in [6, 6.07) is 0. The van der Waals surface area contributed by atoms with Gasteiger partial charge in [-0.15, -0.1) is 0 Å². The van der Waals surface area contributed by atoms with Crippen LogP contribution in [0.15, 0.2) is 72.8 Å². The third kappa shape index (κ3) is 7.44. The lowest BCUT2D eigenvalue weighted by atomic mass is 10.1. The number of allylic oxidation sites excluding steroid dienone is 8. The van der Waals surface area contributed by atoms with Crippen LogP contribution >= 0.6 is 0 Å². The fourth-order valence-electron chi connectivity index (χ4n) is 0.924. The summed E-state index contributed by atoms with van der Waals surface area (Å²) in [4.78, 5) is 0. The van der Waals surface area contributed by atoms with E-state index in [9.17, 15) is 0 Å². The molecule has 0 aliphatic carbocycles. The highest BCUT2D eigenvalue weighted by atomic mass is 16.3. The Hall–Kier alpha value is -1.96. The Balaban J connectivity index is 4.27. The van der Waals surface area contributed by atoms with Gasteiger partial charge in [0, 0.05) is 0 Å². The van der Waals surface area contributed by atoms with Crippen molar-refractivity contribution in [2.75, 3.05) is 0 Å². The molecular formula is C14H18O2. The molecule has 0 fully saturated rings. The predicted molar refractivity (Wildman–Crippen MR) is 69.3 cm³/mol. The van der Waals surface area contributed by atoms with Gasteiger partial charge in [0.1, 0.15) is 11.5 Å². The van der Waals surface area contributed by atoms with E-state index in [1.54, 1.807) is 24.3 Å². The smallest absolute Gasteiger partial charge is 0.114 e. The SMILES string of the molecule is C=C/C(O)=C\C=C\CC(/C=C\C(=C)O)=C/C. The molecule has 0 amide bonds. The van der Waals surface area contributed by atoms with Gasteiger partial charge in [-0.3, -0.25) is 0 Å². The molecule has 0 rings (SSSR count). The van der Waals surface area contributed by atoms with E-state index >= 15 is 0 Å². The van der Waals surface area contributed by atoms with E-state index in [0.29, 0.717) is 0 Å². The molecule has 0 aliphatic rings. The first-order valence-corrected chi connectivity index (χ1v) is 4.99. The highest BCUT2D eigenvalue weighted by Gasteiger charge is 1.87. The van der Waals surface area contributed by atoms with E-state index in [0.717, 1.165) is 12.0 Å². The van der Waals surface area contributed by atoms with Crippen molar-refractivity contribution < 1.29 is 10.2 Å². The van der Waals surface area contributed by atoms with Crippen LogP contribution in [-0.4, -0.2) is 10.2 Å². The molecule has 0 spiro atoms. The van der Waals surface area contributed by atoms with Gasteiger partial charge in [0.05, 0.1) is 0 Å². The monoisotopic (exact) mass is 218 g/mol. The van der Waals surface area contributed by atoms with Crippen molar-refractivity contribution in [2.24, 2.45) is 0 Å². The number of hydrogen-bond donors (Lipinski definition) is 2. The first-order valence-electron chi connectivity index (χ1n) is 4.99. The Morgan fingerprint density at radius 2 is 1.94 bits per heavy atom. The zero-order valence-corrected chi connectivity index (χ0v) is 9.56. The van der Waals surface area contributed by atoms with E-state index < -0.39 is 0 Å². The minimum absolute atomic E-state index is 0.0347. The molecule has 0 saturated heterocycles. The van der Waals surface area contributed by atoms with Crippen molar-refractivity contribution >= 4 is 0 Å². The largest absolute Gasteiger partial charge is 0.509 e. The van der Waals surface area contributed by atoms with E-state index in [4.69, 9.17) is 10.2 Å². The van der Waals surface area contributed by atoms with Gasteiger partial charge in [-0.2, -0.15) is 0 Å². The van der Waals surface area contributed by atoms with Crippen LogP contribution < -0.4 is 0 Å². The molecule has 0 saturated carbocycles. The van der Waals surface area contributed by atoms with E-state index in [2.05, 4.69) is 13.2 Å². The van der Waals surface area contributed by atoms with Crippen molar-refractivity contribution in [2.45, 2.75) is 13.3 Å². The molecule has 16 heavy (non-hydrogen) atoms. The van der Waals surface area contributed by atoms with Crippen molar-refractivity contribution in [3.8, 4) is 0 Å². The zero-order valence-electron chi connectivity index (χ0n) is 9.56. The van der Waals surface area contributed by atoms with Crippen molar-refractivity contribution in [3.05, 3.63) is 72.8 Å². The first-order chi connectivity index (χ1) is 7.60. The van der Waals surface area contributed by atoms with Gasteiger partial charge in [0.2, 0.25) is 0 Å². The van der Waals surface area contributed by atoms with Gasteiger partial charge < -0.3 is 10.2 Å². The van der Waals surface area contributed by atoms with Gasteiger partial charge in [-0.25, -0.2) is 0 Å². The first kappa shape index (κ1) is 14.0. The lowest BCUT2D eigenvalue weighted by Crippen LogP contribution is -1.76. The van der Waals surface area contributed by atoms with Crippen LogP contribution in [0, 0.1) is 0 Å². The molecule has 2 heteroatoms. The summed E-state index contributed by atoms with van der Waals surface area (Å²) < 4.78 is 0. The fraction of sp³-hybridized carbons (Fsp3) is 0.143. The predicted octanol–water partition coefficient (Wildman–Crippen LogP) is 4.13. The normalized spacial score (nSPS) is 13.6. The molecule has 86 valence electrons. The molecule has 0 heterocycles. The van der Waals surface area contributed by atoms with E-state index in [1.807, 2.05) is 19.1 Å². The van der Waals surface area contributed by atoms with Crippen LogP contribution in [0.3, 0.4) is 0 Å². The van der Waals surface area contributed by atoms with E-state index in [1.165, 1.54) is 6.08 Å². The molecule has 0 radical (unpaired) electrons. The Morgan fingerprint density at radius 3 is 2.44 bits per heavy atom. The molecule has 0 atom stereocenters. The van der Waals surface area contributed by atoms with Gasteiger partial charge >= 0.3 is 0 Å². The third-order valence-electron chi connectivity index (χ3n) is 1.83. The summed E-state index contributed by atoms with van der Waals surface area (Å²) in [7, 11) is 0. The summed E-state index contributed by atoms with van der Waals surface area (Å²) >= 11 is 0. The molecule has 0 aromatic carbocycles. The summed E-state index contributed by atoms with van der Waals surface area (Å²) in [5.41, 5.74) is 1.05. The second-order valence-corrected chi connectivity index (χ2v) is 3.12. The maximum atomic E-state index is 9.08. The maximum Gasteiger partial charge on any atom is 0.114 e. The summed E-state index contributed by atoms with van der Waals surface area (Å²) in [6.07, 6.45) is 12.6. The lowest BCUT2D eigenvalue weighted by molar-refractivity contribution is 0.433. The third-order valence-corrected chi connectivity index (χ3v) is 1.83. The molecule has 2 N–H and O–H groups in total. The Bertz CT molecular complexity index is 355.